The lowest BCUT2D eigenvalue weighted by atomic mass is 10.3. The lowest BCUT2D eigenvalue weighted by Crippen LogP contribution is -2.13. The van der Waals surface area contributed by atoms with Gasteiger partial charge < -0.3 is 5.43 Å². The fourth-order valence-corrected chi connectivity index (χ4v) is 3.09. The Labute approximate surface area is 125 Å². The maximum absolute atomic E-state index is 12.1. The van der Waals surface area contributed by atoms with Crippen LogP contribution < -0.4 is 16.0 Å². The molecule has 0 radical (unpaired) electrons. The normalized spacial score (nSPS) is 11.1. The van der Waals surface area contributed by atoms with Gasteiger partial charge in [0, 0.05) is 14.9 Å². The summed E-state index contributed by atoms with van der Waals surface area (Å²) in [5.74, 6) is 5.23. The van der Waals surface area contributed by atoms with E-state index in [1.165, 1.54) is 12.1 Å². The van der Waals surface area contributed by atoms with Gasteiger partial charge in [-0.15, -0.1) is 0 Å². The van der Waals surface area contributed by atoms with Crippen LogP contribution in [0.15, 0.2) is 53.4 Å². The monoisotopic (exact) mass is 389 g/mol. The molecule has 0 heterocycles. The molecule has 0 saturated carbocycles. The minimum absolute atomic E-state index is 0.186. The molecule has 0 aromatic heterocycles. The third-order valence-corrected chi connectivity index (χ3v) is 4.48. The second-order valence-electron chi connectivity index (χ2n) is 3.78. The molecule has 100 valence electrons. The average molecular weight is 389 g/mol. The van der Waals surface area contributed by atoms with E-state index in [1.807, 2.05) is 6.07 Å². The van der Waals surface area contributed by atoms with Crippen molar-refractivity contribution < 1.29 is 8.42 Å². The van der Waals surface area contributed by atoms with Crippen molar-refractivity contribution in [1.82, 2.24) is 0 Å². The van der Waals surface area contributed by atoms with Crippen molar-refractivity contribution >= 4 is 44.0 Å². The molecule has 0 bridgehead atoms. The number of sulfonamides is 1. The highest BCUT2D eigenvalue weighted by molar-refractivity contribution is 14.1. The van der Waals surface area contributed by atoms with Crippen LogP contribution in [0.4, 0.5) is 11.4 Å². The molecule has 19 heavy (non-hydrogen) atoms. The van der Waals surface area contributed by atoms with Crippen LogP contribution in [0.3, 0.4) is 0 Å². The van der Waals surface area contributed by atoms with E-state index in [-0.39, 0.29) is 4.90 Å². The van der Waals surface area contributed by atoms with Crippen molar-refractivity contribution in [2.45, 2.75) is 4.90 Å². The van der Waals surface area contributed by atoms with Gasteiger partial charge in [-0.2, -0.15) is 0 Å². The van der Waals surface area contributed by atoms with Crippen LogP contribution in [0, 0.1) is 3.57 Å². The van der Waals surface area contributed by atoms with E-state index in [1.54, 1.807) is 30.3 Å². The number of rotatable bonds is 4. The Bertz CT molecular complexity index is 672. The zero-order chi connectivity index (χ0) is 13.9. The van der Waals surface area contributed by atoms with Crippen LogP contribution in [0.25, 0.3) is 0 Å². The highest BCUT2D eigenvalue weighted by atomic mass is 127. The van der Waals surface area contributed by atoms with Crippen molar-refractivity contribution in [3.8, 4) is 0 Å². The third kappa shape index (κ3) is 3.58. The quantitative estimate of drug-likeness (QED) is 0.426. The smallest absolute Gasteiger partial charge is 0.261 e. The molecule has 0 aliphatic heterocycles. The van der Waals surface area contributed by atoms with Gasteiger partial charge in [0.2, 0.25) is 0 Å². The first-order chi connectivity index (χ1) is 9.01. The van der Waals surface area contributed by atoms with E-state index in [9.17, 15) is 8.42 Å². The number of nitrogen functional groups attached to an aromatic ring is 1. The molecule has 4 N–H and O–H groups in total. The summed E-state index contributed by atoms with van der Waals surface area (Å²) in [6.45, 7) is 0. The molecule has 2 aromatic rings. The summed E-state index contributed by atoms with van der Waals surface area (Å²) in [6.07, 6.45) is 0. The number of halogens is 1. The number of anilines is 2. The number of hydrogen-bond donors (Lipinski definition) is 3. The van der Waals surface area contributed by atoms with Crippen LogP contribution in [0.1, 0.15) is 0 Å². The summed E-state index contributed by atoms with van der Waals surface area (Å²) < 4.78 is 27.8. The number of nitrogens with two attached hydrogens (primary N) is 1. The number of benzene rings is 2. The van der Waals surface area contributed by atoms with Gasteiger partial charge in [-0.05, 0) is 65.1 Å². The van der Waals surface area contributed by atoms with Gasteiger partial charge in [-0.3, -0.25) is 10.6 Å². The zero-order valence-electron chi connectivity index (χ0n) is 9.80. The summed E-state index contributed by atoms with van der Waals surface area (Å²) in [5.41, 5.74) is 3.63. The van der Waals surface area contributed by atoms with Gasteiger partial charge >= 0.3 is 0 Å². The second-order valence-corrected chi connectivity index (χ2v) is 6.71. The summed E-state index contributed by atoms with van der Waals surface area (Å²) in [5, 5.41) is 0. The molecule has 0 amide bonds. The molecule has 5 nitrogen and oxygen atoms in total. The Hall–Kier alpha value is -1.32. The van der Waals surface area contributed by atoms with E-state index >= 15 is 0 Å². The maximum Gasteiger partial charge on any atom is 0.261 e. The minimum atomic E-state index is -3.58. The third-order valence-electron chi connectivity index (χ3n) is 2.41. The van der Waals surface area contributed by atoms with Crippen molar-refractivity contribution in [2.75, 3.05) is 10.1 Å². The predicted octanol–water partition coefficient (Wildman–Crippen LogP) is 2.38. The summed E-state index contributed by atoms with van der Waals surface area (Å²) >= 11 is 2.12. The molecule has 2 rings (SSSR count). The molecule has 0 saturated heterocycles. The van der Waals surface area contributed by atoms with E-state index in [0.29, 0.717) is 11.4 Å². The minimum Gasteiger partial charge on any atom is -0.324 e. The van der Waals surface area contributed by atoms with Crippen LogP contribution in [0.5, 0.6) is 0 Å². The van der Waals surface area contributed by atoms with E-state index in [0.717, 1.165) is 3.57 Å². The van der Waals surface area contributed by atoms with Gasteiger partial charge in [0.05, 0.1) is 4.90 Å². The zero-order valence-corrected chi connectivity index (χ0v) is 12.8. The first kappa shape index (κ1) is 14.1. The van der Waals surface area contributed by atoms with Crippen molar-refractivity contribution in [3.05, 3.63) is 52.1 Å². The number of hydrogen-bond acceptors (Lipinski definition) is 4. The number of hydrazine groups is 1. The first-order valence-corrected chi connectivity index (χ1v) is 7.92. The van der Waals surface area contributed by atoms with Gasteiger partial charge in [-0.1, -0.05) is 6.07 Å². The lowest BCUT2D eigenvalue weighted by molar-refractivity contribution is 0.601. The summed E-state index contributed by atoms with van der Waals surface area (Å²) in [6, 6.07) is 13.3. The standard InChI is InChI=1S/C12H12IN3O2S/c13-9-2-1-3-11(8-9)16-19(17,18)12-6-4-10(15-14)5-7-12/h1-8,15-16H,14H2. The average Bonchev–Trinajstić information content (AvgIpc) is 2.38. The highest BCUT2D eigenvalue weighted by Crippen LogP contribution is 2.19. The Morgan fingerprint density at radius 3 is 2.26 bits per heavy atom. The molecule has 0 atom stereocenters. The molecule has 0 aliphatic carbocycles. The molecule has 2 aromatic carbocycles. The molecule has 0 fully saturated rings. The molecule has 7 heteroatoms. The topological polar surface area (TPSA) is 84.2 Å². The molecule has 0 unspecified atom stereocenters. The van der Waals surface area contributed by atoms with Crippen LogP contribution in [-0.2, 0) is 10.0 Å². The predicted molar refractivity (Wildman–Crippen MR) is 84.2 cm³/mol. The fourth-order valence-electron chi connectivity index (χ4n) is 1.50. The Balaban J connectivity index is 2.27. The van der Waals surface area contributed by atoms with Crippen LogP contribution in [-0.4, -0.2) is 8.42 Å². The number of nitrogens with one attached hydrogen (secondary N) is 2. The SMILES string of the molecule is NNc1ccc(S(=O)(=O)Nc2cccc(I)c2)cc1. The van der Waals surface area contributed by atoms with Gasteiger partial charge in [0.15, 0.2) is 0 Å². The second kappa shape index (κ2) is 5.76. The molecule has 0 spiro atoms. The first-order valence-electron chi connectivity index (χ1n) is 5.36. The Kier molecular flexibility index (Phi) is 4.27. The largest absolute Gasteiger partial charge is 0.324 e. The van der Waals surface area contributed by atoms with Crippen molar-refractivity contribution in [3.63, 3.8) is 0 Å². The van der Waals surface area contributed by atoms with Gasteiger partial charge in [-0.25, -0.2) is 8.42 Å². The summed E-state index contributed by atoms with van der Waals surface area (Å²) in [4.78, 5) is 0.186. The van der Waals surface area contributed by atoms with Crippen molar-refractivity contribution in [1.29, 1.82) is 0 Å². The Morgan fingerprint density at radius 2 is 1.68 bits per heavy atom. The Morgan fingerprint density at radius 1 is 1.00 bits per heavy atom. The van der Waals surface area contributed by atoms with Crippen LogP contribution >= 0.6 is 22.6 Å². The molecular weight excluding hydrogens is 377 g/mol. The van der Waals surface area contributed by atoms with E-state index < -0.39 is 10.0 Å². The fraction of sp³-hybridized carbons (Fsp3) is 0. The van der Waals surface area contributed by atoms with Crippen LogP contribution in [0.2, 0.25) is 0 Å². The van der Waals surface area contributed by atoms with E-state index in [2.05, 4.69) is 32.7 Å². The molecular formula is C12H12IN3O2S. The highest BCUT2D eigenvalue weighted by Gasteiger charge is 2.13. The maximum atomic E-state index is 12.1. The van der Waals surface area contributed by atoms with Gasteiger partial charge in [0.1, 0.15) is 0 Å². The van der Waals surface area contributed by atoms with E-state index in [4.69, 9.17) is 5.84 Å². The van der Waals surface area contributed by atoms with Crippen molar-refractivity contribution in [2.24, 2.45) is 5.84 Å². The molecule has 0 aliphatic rings. The lowest BCUT2D eigenvalue weighted by Gasteiger charge is -2.09. The van der Waals surface area contributed by atoms with Gasteiger partial charge in [0.25, 0.3) is 10.0 Å². The summed E-state index contributed by atoms with van der Waals surface area (Å²) in [7, 11) is -3.58.